The van der Waals surface area contributed by atoms with Crippen LogP contribution in [-0.4, -0.2) is 57.2 Å². The number of nitrogens with one attached hydrogen (secondary N) is 1. The first kappa shape index (κ1) is 21.5. The zero-order valence-corrected chi connectivity index (χ0v) is 16.2. The number of rotatable bonds is 7. The maximum atomic E-state index is 14.2. The van der Waals surface area contributed by atoms with Gasteiger partial charge in [0, 0.05) is 19.4 Å². The van der Waals surface area contributed by atoms with Gasteiger partial charge in [-0.25, -0.2) is 22.0 Å². The van der Waals surface area contributed by atoms with Crippen molar-refractivity contribution in [3.63, 3.8) is 0 Å². The third-order valence-corrected chi connectivity index (χ3v) is 7.11. The molecule has 0 aliphatic carbocycles. The molecule has 1 aromatic rings. The van der Waals surface area contributed by atoms with Crippen LogP contribution in [0.25, 0.3) is 0 Å². The van der Waals surface area contributed by atoms with E-state index in [0.717, 1.165) is 0 Å². The van der Waals surface area contributed by atoms with Crippen molar-refractivity contribution in [3.05, 3.63) is 23.3 Å². The second-order valence-corrected chi connectivity index (χ2v) is 8.88. The predicted octanol–water partition coefficient (Wildman–Crippen LogP) is 1.90. The van der Waals surface area contributed by atoms with Crippen molar-refractivity contribution in [2.24, 2.45) is 0 Å². The molecule has 27 heavy (non-hydrogen) atoms. The van der Waals surface area contributed by atoms with E-state index in [2.05, 4.69) is 5.32 Å². The lowest BCUT2D eigenvalue weighted by molar-refractivity contribution is -0.143. The molecule has 152 valence electrons. The predicted molar refractivity (Wildman–Crippen MR) is 93.0 cm³/mol. The van der Waals surface area contributed by atoms with Crippen molar-refractivity contribution in [1.29, 1.82) is 0 Å². The maximum Gasteiger partial charge on any atom is 0.329 e. The Kier molecular flexibility index (Phi) is 6.13. The summed E-state index contributed by atoms with van der Waals surface area (Å²) < 4.78 is 65.3. The summed E-state index contributed by atoms with van der Waals surface area (Å²) in [6.07, 6.45) is -1.52. The number of ether oxygens (including phenoxy) is 2. The van der Waals surface area contributed by atoms with Crippen molar-refractivity contribution in [3.8, 4) is 5.75 Å². The van der Waals surface area contributed by atoms with E-state index in [-0.39, 0.29) is 11.4 Å². The summed E-state index contributed by atoms with van der Waals surface area (Å²) in [6.45, 7) is 1.37. The molecule has 0 spiro atoms. The second kappa shape index (κ2) is 7.69. The normalized spacial score (nSPS) is 22.4. The Hall–Kier alpha value is -1.78. The van der Waals surface area contributed by atoms with Gasteiger partial charge in [-0.3, -0.25) is 5.32 Å². The molecule has 10 heteroatoms. The van der Waals surface area contributed by atoms with Gasteiger partial charge in [-0.05, 0) is 37.1 Å². The van der Waals surface area contributed by atoms with E-state index in [1.165, 1.54) is 19.2 Å². The van der Waals surface area contributed by atoms with Crippen LogP contribution in [0, 0.1) is 13.8 Å². The number of aryl methyl sites for hydroxylation is 2. The molecule has 1 aliphatic rings. The first-order valence-corrected chi connectivity index (χ1v) is 9.75. The van der Waals surface area contributed by atoms with Crippen LogP contribution >= 0.6 is 0 Å². The zero-order chi connectivity index (χ0) is 20.5. The highest BCUT2D eigenvalue weighted by Gasteiger charge is 2.55. The van der Waals surface area contributed by atoms with Gasteiger partial charge < -0.3 is 14.6 Å². The molecule has 1 fully saturated rings. The van der Waals surface area contributed by atoms with Gasteiger partial charge in [-0.2, -0.15) is 0 Å². The highest BCUT2D eigenvalue weighted by Crippen LogP contribution is 2.41. The Morgan fingerprint density at radius 2 is 1.89 bits per heavy atom. The fraction of sp³-hybridized carbons (Fsp3) is 0.588. The Morgan fingerprint density at radius 1 is 1.30 bits per heavy atom. The maximum absolute atomic E-state index is 14.2. The van der Waals surface area contributed by atoms with Crippen molar-refractivity contribution in [1.82, 2.24) is 5.32 Å². The molecule has 0 unspecified atom stereocenters. The Morgan fingerprint density at radius 3 is 2.37 bits per heavy atom. The fourth-order valence-corrected chi connectivity index (χ4v) is 5.65. The number of aliphatic carboxylic acids is 1. The first-order chi connectivity index (χ1) is 12.4. The van der Waals surface area contributed by atoms with Crippen molar-refractivity contribution < 1.29 is 36.6 Å². The van der Waals surface area contributed by atoms with Gasteiger partial charge in [-0.15, -0.1) is 0 Å². The topological polar surface area (TPSA) is 102 Å². The molecular formula is C17H23F2NO6S. The van der Waals surface area contributed by atoms with E-state index in [1.54, 1.807) is 13.8 Å². The minimum Gasteiger partial charge on any atom is -0.497 e. The molecule has 1 aliphatic heterocycles. The zero-order valence-electron chi connectivity index (χ0n) is 15.3. The summed E-state index contributed by atoms with van der Waals surface area (Å²) in [5, 5.41) is 11.4. The number of carboxylic acids is 1. The van der Waals surface area contributed by atoms with Crippen LogP contribution in [0.5, 0.6) is 5.75 Å². The monoisotopic (exact) mass is 407 g/mol. The number of halogens is 2. The van der Waals surface area contributed by atoms with Gasteiger partial charge >= 0.3 is 5.97 Å². The van der Waals surface area contributed by atoms with E-state index in [4.69, 9.17) is 14.6 Å². The highest BCUT2D eigenvalue weighted by atomic mass is 32.2. The van der Waals surface area contributed by atoms with Crippen LogP contribution in [0.3, 0.4) is 0 Å². The van der Waals surface area contributed by atoms with Crippen LogP contribution in [0.4, 0.5) is 8.78 Å². The number of hydrogen-bond acceptors (Lipinski definition) is 6. The van der Waals surface area contributed by atoms with Crippen LogP contribution in [0.1, 0.15) is 24.0 Å². The number of benzene rings is 1. The summed E-state index contributed by atoms with van der Waals surface area (Å²) >= 11 is 0. The van der Waals surface area contributed by atoms with E-state index in [9.17, 15) is 22.0 Å². The molecule has 0 saturated carbocycles. The number of sulfone groups is 1. The number of piperidine rings is 1. The standard InChI is InChI=1S/C17H23F2NO6S/c1-11-6-13(25-3)7-12(2)15(11)27(23,24)17(10-26-8-14(21)22)9-16(18,19)4-5-20-17/h6-7,20H,4-5,8-10H2,1-3H3,(H,21,22)/t17-/m0/s1. The summed E-state index contributed by atoms with van der Waals surface area (Å²) in [6, 6.07) is 3.01. The van der Waals surface area contributed by atoms with Gasteiger partial charge in [0.15, 0.2) is 14.7 Å². The summed E-state index contributed by atoms with van der Waals surface area (Å²) in [5.41, 5.74) is 0.695. The van der Waals surface area contributed by atoms with Crippen molar-refractivity contribution in [2.75, 3.05) is 26.9 Å². The summed E-state index contributed by atoms with van der Waals surface area (Å²) in [5.74, 6) is -4.09. The van der Waals surface area contributed by atoms with Crippen molar-refractivity contribution in [2.45, 2.75) is 42.4 Å². The van der Waals surface area contributed by atoms with E-state index in [0.29, 0.717) is 16.9 Å². The van der Waals surface area contributed by atoms with Crippen LogP contribution in [0.15, 0.2) is 17.0 Å². The summed E-state index contributed by atoms with van der Waals surface area (Å²) in [7, 11) is -2.91. The third kappa shape index (κ3) is 4.39. The lowest BCUT2D eigenvalue weighted by Gasteiger charge is -2.41. The Labute approximate surface area is 156 Å². The molecule has 1 saturated heterocycles. The van der Waals surface area contributed by atoms with Gasteiger partial charge in [0.25, 0.3) is 5.92 Å². The van der Waals surface area contributed by atoms with E-state index in [1.807, 2.05) is 0 Å². The lowest BCUT2D eigenvalue weighted by atomic mass is 10.0. The van der Waals surface area contributed by atoms with Gasteiger partial charge in [-0.1, -0.05) is 0 Å². The lowest BCUT2D eigenvalue weighted by Crippen LogP contribution is -2.62. The highest BCUT2D eigenvalue weighted by molar-refractivity contribution is 7.93. The van der Waals surface area contributed by atoms with Crippen LogP contribution in [0.2, 0.25) is 0 Å². The van der Waals surface area contributed by atoms with Gasteiger partial charge in [0.2, 0.25) is 0 Å². The third-order valence-electron chi connectivity index (χ3n) is 4.50. The molecule has 1 aromatic carbocycles. The first-order valence-electron chi connectivity index (χ1n) is 8.26. The van der Waals surface area contributed by atoms with E-state index >= 15 is 0 Å². The Bertz CT molecular complexity index is 804. The molecule has 0 bridgehead atoms. The van der Waals surface area contributed by atoms with Gasteiger partial charge in [0.05, 0.1) is 18.6 Å². The number of alkyl halides is 2. The number of carbonyl (C=O) groups is 1. The number of hydrogen-bond donors (Lipinski definition) is 2. The average molecular weight is 407 g/mol. The van der Waals surface area contributed by atoms with E-state index < -0.39 is 52.7 Å². The SMILES string of the molecule is COc1cc(C)c(S(=O)(=O)[C@]2(COCC(=O)O)CC(F)(F)CCN2)c(C)c1. The van der Waals surface area contributed by atoms with Gasteiger partial charge in [0.1, 0.15) is 12.4 Å². The van der Waals surface area contributed by atoms with Crippen molar-refractivity contribution >= 4 is 15.8 Å². The molecule has 0 radical (unpaired) electrons. The number of methoxy groups -OCH3 is 1. The minimum atomic E-state index is -4.34. The molecule has 1 heterocycles. The minimum absolute atomic E-state index is 0.0903. The molecule has 7 nitrogen and oxygen atoms in total. The molecule has 2 N–H and O–H groups in total. The molecule has 0 amide bonds. The molecule has 1 atom stereocenters. The average Bonchev–Trinajstić information content (AvgIpc) is 2.52. The largest absolute Gasteiger partial charge is 0.497 e. The molecule has 2 rings (SSSR count). The number of carboxylic acid groups (broad SMARTS) is 1. The van der Waals surface area contributed by atoms with Crippen LogP contribution < -0.4 is 10.1 Å². The summed E-state index contributed by atoms with van der Waals surface area (Å²) in [4.78, 5) is 8.49. The molecule has 0 aromatic heterocycles. The second-order valence-electron chi connectivity index (χ2n) is 6.68. The van der Waals surface area contributed by atoms with Crippen LogP contribution in [-0.2, 0) is 19.4 Å². The quantitative estimate of drug-likeness (QED) is 0.712. The molecular weight excluding hydrogens is 384 g/mol. The smallest absolute Gasteiger partial charge is 0.329 e. The fourth-order valence-electron chi connectivity index (χ4n) is 3.36. The Balaban J connectivity index is 2.55.